The normalized spacial score (nSPS) is 20.7. The lowest BCUT2D eigenvalue weighted by Gasteiger charge is -2.14. The van der Waals surface area contributed by atoms with Gasteiger partial charge in [0.2, 0.25) is 5.91 Å². The summed E-state index contributed by atoms with van der Waals surface area (Å²) >= 11 is 0. The summed E-state index contributed by atoms with van der Waals surface area (Å²) in [4.78, 5) is 11.6. The quantitative estimate of drug-likeness (QED) is 0.696. The summed E-state index contributed by atoms with van der Waals surface area (Å²) in [6.07, 6.45) is 5.88. The molecule has 1 aromatic rings. The number of aryl methyl sites for hydroxylation is 1. The number of rotatable bonds is 6. The Hall–Kier alpha value is -1.55. The van der Waals surface area contributed by atoms with Gasteiger partial charge < -0.3 is 15.7 Å². The minimum atomic E-state index is 0.186. The molecule has 108 valence electrons. The minimum Gasteiger partial charge on any atom is -0.508 e. The number of phenols is 1. The van der Waals surface area contributed by atoms with Gasteiger partial charge in [0.15, 0.2) is 0 Å². The van der Waals surface area contributed by atoms with Gasteiger partial charge in [0.25, 0.3) is 0 Å². The van der Waals surface area contributed by atoms with Crippen molar-refractivity contribution in [3.05, 3.63) is 29.3 Å². The maximum absolute atomic E-state index is 11.6. The van der Waals surface area contributed by atoms with Crippen LogP contribution in [0.1, 0.15) is 49.3 Å². The van der Waals surface area contributed by atoms with Crippen LogP contribution in [0.5, 0.6) is 5.75 Å². The highest BCUT2D eigenvalue weighted by molar-refractivity contribution is 5.76. The summed E-state index contributed by atoms with van der Waals surface area (Å²) in [5, 5.41) is 16.0. The number of aromatic hydroxyl groups is 1. The Kier molecular flexibility index (Phi) is 3.92. The van der Waals surface area contributed by atoms with Crippen molar-refractivity contribution >= 4 is 5.91 Å². The molecule has 20 heavy (non-hydrogen) atoms. The number of nitrogens with one attached hydrogen (secondary N) is 2. The second-order valence-electron chi connectivity index (χ2n) is 5.87. The zero-order valence-corrected chi connectivity index (χ0v) is 11.7. The Morgan fingerprint density at radius 3 is 2.95 bits per heavy atom. The SMILES string of the molecule is O=C(CCCNC1CCc2cc(O)ccc21)NC1CC1. The average Bonchev–Trinajstić information content (AvgIpc) is 3.14. The molecular weight excluding hydrogens is 252 g/mol. The molecule has 0 aromatic heterocycles. The summed E-state index contributed by atoms with van der Waals surface area (Å²) in [6.45, 7) is 0.864. The summed E-state index contributed by atoms with van der Waals surface area (Å²) in [5.41, 5.74) is 2.54. The number of phenolic OH excluding ortho intramolecular Hbond substituents is 1. The largest absolute Gasteiger partial charge is 0.508 e. The van der Waals surface area contributed by atoms with E-state index in [1.165, 1.54) is 11.1 Å². The third-order valence-electron chi connectivity index (χ3n) is 4.12. The number of carbonyl (C=O) groups excluding carboxylic acids is 1. The topological polar surface area (TPSA) is 61.4 Å². The Morgan fingerprint density at radius 2 is 2.15 bits per heavy atom. The average molecular weight is 274 g/mol. The number of amides is 1. The molecule has 3 N–H and O–H groups in total. The van der Waals surface area contributed by atoms with Crippen molar-refractivity contribution in [1.82, 2.24) is 10.6 Å². The van der Waals surface area contributed by atoms with Gasteiger partial charge in [-0.05, 0) is 61.9 Å². The smallest absolute Gasteiger partial charge is 0.220 e. The van der Waals surface area contributed by atoms with Crippen LogP contribution in [0, 0.1) is 0 Å². The maximum Gasteiger partial charge on any atom is 0.220 e. The second-order valence-corrected chi connectivity index (χ2v) is 5.87. The van der Waals surface area contributed by atoms with Gasteiger partial charge in [-0.3, -0.25) is 4.79 Å². The van der Waals surface area contributed by atoms with Crippen LogP contribution in [0.4, 0.5) is 0 Å². The summed E-state index contributed by atoms with van der Waals surface area (Å²) in [7, 11) is 0. The first-order valence-electron chi connectivity index (χ1n) is 7.57. The third-order valence-corrected chi connectivity index (χ3v) is 4.12. The van der Waals surface area contributed by atoms with Crippen LogP contribution in [0.15, 0.2) is 18.2 Å². The maximum atomic E-state index is 11.6. The van der Waals surface area contributed by atoms with E-state index >= 15 is 0 Å². The summed E-state index contributed by atoms with van der Waals surface area (Å²) in [5.74, 6) is 0.534. The molecule has 1 atom stereocenters. The molecule has 1 amide bonds. The molecule has 4 heteroatoms. The number of hydrogen-bond donors (Lipinski definition) is 3. The van der Waals surface area contributed by atoms with Crippen LogP contribution in [-0.2, 0) is 11.2 Å². The van der Waals surface area contributed by atoms with Crippen molar-refractivity contribution in [3.63, 3.8) is 0 Å². The lowest BCUT2D eigenvalue weighted by molar-refractivity contribution is -0.121. The molecule has 0 spiro atoms. The van der Waals surface area contributed by atoms with Crippen molar-refractivity contribution in [2.24, 2.45) is 0 Å². The van der Waals surface area contributed by atoms with Crippen LogP contribution in [-0.4, -0.2) is 23.6 Å². The van der Waals surface area contributed by atoms with Crippen molar-refractivity contribution in [2.45, 2.75) is 50.6 Å². The molecular formula is C16H22N2O2. The molecule has 3 rings (SSSR count). The van der Waals surface area contributed by atoms with Crippen LogP contribution in [0.2, 0.25) is 0 Å². The standard InChI is InChI=1S/C16H22N2O2/c19-13-6-7-14-11(10-13)3-8-15(14)17-9-1-2-16(20)18-12-4-5-12/h6-7,10,12,15,17,19H,1-5,8-9H2,(H,18,20). The van der Waals surface area contributed by atoms with Crippen LogP contribution < -0.4 is 10.6 Å². The van der Waals surface area contributed by atoms with Gasteiger partial charge in [0.1, 0.15) is 5.75 Å². The van der Waals surface area contributed by atoms with Gasteiger partial charge in [-0.2, -0.15) is 0 Å². The Bertz CT molecular complexity index is 497. The van der Waals surface area contributed by atoms with E-state index in [4.69, 9.17) is 0 Å². The highest BCUT2D eigenvalue weighted by atomic mass is 16.3. The zero-order chi connectivity index (χ0) is 13.9. The lowest BCUT2D eigenvalue weighted by Crippen LogP contribution is -2.27. The van der Waals surface area contributed by atoms with Crippen LogP contribution in [0.25, 0.3) is 0 Å². The van der Waals surface area contributed by atoms with Gasteiger partial charge in [-0.1, -0.05) is 6.07 Å². The number of carbonyl (C=O) groups is 1. The molecule has 1 unspecified atom stereocenters. The van der Waals surface area contributed by atoms with Crippen molar-refractivity contribution in [2.75, 3.05) is 6.54 Å². The van der Waals surface area contributed by atoms with E-state index in [2.05, 4.69) is 10.6 Å². The summed E-state index contributed by atoms with van der Waals surface area (Å²) < 4.78 is 0. The molecule has 1 aromatic carbocycles. The molecule has 1 fully saturated rings. The van der Waals surface area contributed by atoms with Gasteiger partial charge in [-0.15, -0.1) is 0 Å². The van der Waals surface area contributed by atoms with Crippen molar-refractivity contribution in [3.8, 4) is 5.75 Å². The molecule has 2 aliphatic rings. The Balaban J connectivity index is 1.40. The molecule has 0 saturated heterocycles. The first-order valence-corrected chi connectivity index (χ1v) is 7.57. The van der Waals surface area contributed by atoms with E-state index in [9.17, 15) is 9.90 Å². The van der Waals surface area contributed by atoms with E-state index in [1.807, 2.05) is 12.1 Å². The van der Waals surface area contributed by atoms with E-state index in [1.54, 1.807) is 6.07 Å². The fourth-order valence-electron chi connectivity index (χ4n) is 2.87. The molecule has 4 nitrogen and oxygen atoms in total. The third kappa shape index (κ3) is 3.31. The van der Waals surface area contributed by atoms with Gasteiger partial charge >= 0.3 is 0 Å². The first kappa shape index (κ1) is 13.4. The van der Waals surface area contributed by atoms with E-state index in [0.717, 1.165) is 38.6 Å². The molecule has 0 aliphatic heterocycles. The Labute approximate surface area is 119 Å². The Morgan fingerprint density at radius 1 is 1.30 bits per heavy atom. The molecule has 0 heterocycles. The predicted molar refractivity (Wildman–Crippen MR) is 77.6 cm³/mol. The summed E-state index contributed by atoms with van der Waals surface area (Å²) in [6, 6.07) is 6.46. The highest BCUT2D eigenvalue weighted by Gasteiger charge is 2.23. The second kappa shape index (κ2) is 5.83. The molecule has 2 aliphatic carbocycles. The lowest BCUT2D eigenvalue weighted by atomic mass is 10.1. The number of hydrogen-bond acceptors (Lipinski definition) is 3. The zero-order valence-electron chi connectivity index (χ0n) is 11.7. The fraction of sp³-hybridized carbons (Fsp3) is 0.562. The fourth-order valence-corrected chi connectivity index (χ4v) is 2.87. The predicted octanol–water partition coefficient (Wildman–Crippen LogP) is 2.03. The first-order chi connectivity index (χ1) is 9.72. The monoisotopic (exact) mass is 274 g/mol. The molecule has 0 radical (unpaired) electrons. The van der Waals surface area contributed by atoms with E-state index < -0.39 is 0 Å². The minimum absolute atomic E-state index is 0.186. The van der Waals surface area contributed by atoms with Crippen LogP contribution in [0.3, 0.4) is 0 Å². The molecule has 1 saturated carbocycles. The van der Waals surface area contributed by atoms with Crippen molar-refractivity contribution in [1.29, 1.82) is 0 Å². The van der Waals surface area contributed by atoms with Gasteiger partial charge in [-0.25, -0.2) is 0 Å². The highest BCUT2D eigenvalue weighted by Crippen LogP contribution is 2.33. The van der Waals surface area contributed by atoms with E-state index in [-0.39, 0.29) is 5.91 Å². The van der Waals surface area contributed by atoms with Gasteiger partial charge in [0.05, 0.1) is 0 Å². The van der Waals surface area contributed by atoms with Crippen LogP contribution >= 0.6 is 0 Å². The number of benzene rings is 1. The van der Waals surface area contributed by atoms with Gasteiger partial charge in [0, 0.05) is 18.5 Å². The number of fused-ring (bicyclic) bond motifs is 1. The molecule has 0 bridgehead atoms. The van der Waals surface area contributed by atoms with E-state index in [0.29, 0.717) is 24.3 Å². The van der Waals surface area contributed by atoms with Crippen molar-refractivity contribution < 1.29 is 9.90 Å².